The molecule has 4 nitrogen and oxygen atoms in total. The normalized spacial score (nSPS) is 12.5. The highest BCUT2D eigenvalue weighted by Crippen LogP contribution is 2.25. The van der Waals surface area contributed by atoms with Gasteiger partial charge in [-0.1, -0.05) is 43.7 Å². The first-order chi connectivity index (χ1) is 11.5. The molecular formula is C20H22N2O2. The van der Waals surface area contributed by atoms with Crippen molar-refractivity contribution in [2.45, 2.75) is 33.2 Å². The van der Waals surface area contributed by atoms with Gasteiger partial charge in [-0.25, -0.2) is 4.98 Å². The van der Waals surface area contributed by atoms with Crippen molar-refractivity contribution in [2.75, 3.05) is 0 Å². The summed E-state index contributed by atoms with van der Waals surface area (Å²) in [6.07, 6.45) is 0.768. The van der Waals surface area contributed by atoms with Crippen molar-refractivity contribution in [2.24, 2.45) is 5.92 Å². The quantitative estimate of drug-likeness (QED) is 0.743. The van der Waals surface area contributed by atoms with Crippen molar-refractivity contribution < 1.29 is 9.21 Å². The number of benzene rings is 2. The van der Waals surface area contributed by atoms with E-state index < -0.39 is 0 Å². The topological polar surface area (TPSA) is 55.1 Å². The number of nitrogens with one attached hydrogen (secondary N) is 1. The number of rotatable bonds is 5. The number of nitrogens with zero attached hydrogens (tertiary/aromatic N) is 1. The highest BCUT2D eigenvalue weighted by molar-refractivity contribution is 5.94. The molecular weight excluding hydrogens is 300 g/mol. The Balaban J connectivity index is 1.85. The summed E-state index contributed by atoms with van der Waals surface area (Å²) in [7, 11) is 0. The van der Waals surface area contributed by atoms with Crippen molar-refractivity contribution in [3.05, 3.63) is 65.5 Å². The van der Waals surface area contributed by atoms with Crippen LogP contribution in [0.3, 0.4) is 0 Å². The fourth-order valence-electron chi connectivity index (χ4n) is 2.68. The number of amides is 1. The number of fused-ring (bicyclic) bond motifs is 1. The minimum atomic E-state index is -0.244. The van der Waals surface area contributed by atoms with Gasteiger partial charge in [0, 0.05) is 5.56 Å². The van der Waals surface area contributed by atoms with Gasteiger partial charge in [-0.15, -0.1) is 0 Å². The molecule has 0 saturated carbocycles. The molecule has 0 aliphatic carbocycles. The molecule has 1 N–H and O–H groups in total. The van der Waals surface area contributed by atoms with Crippen molar-refractivity contribution in [3.63, 3.8) is 0 Å². The van der Waals surface area contributed by atoms with Gasteiger partial charge in [0.05, 0.1) is 0 Å². The van der Waals surface area contributed by atoms with Crippen molar-refractivity contribution in [3.8, 4) is 0 Å². The largest absolute Gasteiger partial charge is 0.438 e. The van der Waals surface area contributed by atoms with Crippen LogP contribution in [0.1, 0.15) is 48.1 Å². The maximum absolute atomic E-state index is 12.6. The Hall–Kier alpha value is -2.62. The van der Waals surface area contributed by atoms with Gasteiger partial charge in [0.1, 0.15) is 11.6 Å². The van der Waals surface area contributed by atoms with Gasteiger partial charge < -0.3 is 9.73 Å². The van der Waals surface area contributed by atoms with Crippen LogP contribution in [0.25, 0.3) is 11.1 Å². The molecule has 3 aromatic rings. The molecule has 0 spiro atoms. The molecule has 0 bridgehead atoms. The number of hydrogen-bond acceptors (Lipinski definition) is 3. The zero-order valence-corrected chi connectivity index (χ0v) is 14.2. The third kappa shape index (κ3) is 3.65. The molecule has 24 heavy (non-hydrogen) atoms. The fraction of sp³-hybridized carbons (Fsp3) is 0.300. The number of aromatic nitrogens is 1. The average molecular weight is 322 g/mol. The van der Waals surface area contributed by atoms with E-state index in [1.165, 1.54) is 0 Å². The van der Waals surface area contributed by atoms with Gasteiger partial charge >= 0.3 is 0 Å². The second kappa shape index (κ2) is 6.87. The molecule has 0 fully saturated rings. The number of para-hydroxylation sites is 2. The fourth-order valence-corrected chi connectivity index (χ4v) is 2.68. The number of aryl methyl sites for hydroxylation is 1. The van der Waals surface area contributed by atoms with E-state index in [9.17, 15) is 4.79 Å². The minimum absolute atomic E-state index is 0.108. The van der Waals surface area contributed by atoms with Crippen LogP contribution in [0, 0.1) is 12.8 Å². The molecule has 1 heterocycles. The van der Waals surface area contributed by atoms with Crippen LogP contribution in [-0.2, 0) is 0 Å². The van der Waals surface area contributed by atoms with Crippen molar-refractivity contribution in [1.29, 1.82) is 0 Å². The molecule has 0 unspecified atom stereocenters. The van der Waals surface area contributed by atoms with E-state index in [2.05, 4.69) is 24.1 Å². The van der Waals surface area contributed by atoms with Crippen molar-refractivity contribution in [1.82, 2.24) is 10.3 Å². The summed E-state index contributed by atoms with van der Waals surface area (Å²) in [6.45, 7) is 6.24. The Bertz CT molecular complexity index is 801. The van der Waals surface area contributed by atoms with E-state index in [0.717, 1.165) is 23.1 Å². The first-order valence-electron chi connectivity index (χ1n) is 8.26. The van der Waals surface area contributed by atoms with Gasteiger partial charge in [-0.3, -0.25) is 4.79 Å². The molecule has 1 amide bonds. The van der Waals surface area contributed by atoms with E-state index in [1.54, 1.807) is 0 Å². The SMILES string of the molecule is Cc1ccc(C(=O)N[C@H](CC(C)C)c2nc3ccccc3o2)cc1. The molecule has 0 saturated heterocycles. The summed E-state index contributed by atoms with van der Waals surface area (Å²) in [4.78, 5) is 17.1. The van der Waals surface area contributed by atoms with Crippen LogP contribution >= 0.6 is 0 Å². The molecule has 1 aromatic heterocycles. The third-order valence-corrected chi connectivity index (χ3v) is 3.93. The molecule has 1 atom stereocenters. The molecule has 0 radical (unpaired) electrons. The predicted molar refractivity (Wildman–Crippen MR) is 94.9 cm³/mol. The van der Waals surface area contributed by atoms with E-state index in [0.29, 0.717) is 17.4 Å². The van der Waals surface area contributed by atoms with Gasteiger partial charge in [-0.2, -0.15) is 0 Å². The number of carbonyl (C=O) groups is 1. The van der Waals surface area contributed by atoms with Gasteiger partial charge in [0.15, 0.2) is 5.58 Å². The Labute approximate surface area is 141 Å². The smallest absolute Gasteiger partial charge is 0.251 e. The molecule has 2 aromatic carbocycles. The Kier molecular flexibility index (Phi) is 4.65. The summed E-state index contributed by atoms with van der Waals surface area (Å²) in [5.74, 6) is 0.858. The zero-order valence-electron chi connectivity index (χ0n) is 14.2. The zero-order chi connectivity index (χ0) is 17.1. The third-order valence-electron chi connectivity index (χ3n) is 3.93. The highest BCUT2D eigenvalue weighted by Gasteiger charge is 2.22. The lowest BCUT2D eigenvalue weighted by molar-refractivity contribution is 0.0925. The Morgan fingerprint density at radius 2 is 1.83 bits per heavy atom. The summed E-state index contributed by atoms with van der Waals surface area (Å²) in [6, 6.07) is 14.9. The summed E-state index contributed by atoms with van der Waals surface area (Å²) >= 11 is 0. The van der Waals surface area contributed by atoms with E-state index in [1.807, 2.05) is 55.5 Å². The van der Waals surface area contributed by atoms with Gasteiger partial charge in [-0.05, 0) is 43.5 Å². The van der Waals surface area contributed by atoms with Crippen LogP contribution in [0.15, 0.2) is 52.9 Å². The maximum atomic E-state index is 12.6. The van der Waals surface area contributed by atoms with Gasteiger partial charge in [0.2, 0.25) is 5.89 Å². The average Bonchev–Trinajstić information content (AvgIpc) is 2.98. The first kappa shape index (κ1) is 16.2. The summed E-state index contributed by atoms with van der Waals surface area (Å²) in [5, 5.41) is 3.07. The van der Waals surface area contributed by atoms with Crippen LogP contribution in [0.5, 0.6) is 0 Å². The standard InChI is InChI=1S/C20H22N2O2/c1-13(2)12-17(20-22-16-6-4-5-7-18(16)24-20)21-19(23)15-10-8-14(3)9-11-15/h4-11,13,17H,12H2,1-3H3,(H,21,23)/t17-/m1/s1. The summed E-state index contributed by atoms with van der Waals surface area (Å²) < 4.78 is 5.86. The van der Waals surface area contributed by atoms with Crippen LogP contribution in [0.2, 0.25) is 0 Å². The van der Waals surface area contributed by atoms with E-state index in [-0.39, 0.29) is 11.9 Å². The second-order valence-electron chi connectivity index (χ2n) is 6.54. The molecule has 4 heteroatoms. The monoisotopic (exact) mass is 322 g/mol. The molecule has 124 valence electrons. The minimum Gasteiger partial charge on any atom is -0.438 e. The Morgan fingerprint density at radius 1 is 1.12 bits per heavy atom. The van der Waals surface area contributed by atoms with Crippen LogP contribution in [0.4, 0.5) is 0 Å². The summed E-state index contributed by atoms with van der Waals surface area (Å²) in [5.41, 5.74) is 3.33. The highest BCUT2D eigenvalue weighted by atomic mass is 16.3. The van der Waals surface area contributed by atoms with Crippen molar-refractivity contribution >= 4 is 17.0 Å². The molecule has 0 aliphatic rings. The van der Waals surface area contributed by atoms with E-state index in [4.69, 9.17) is 4.42 Å². The molecule has 0 aliphatic heterocycles. The van der Waals surface area contributed by atoms with Crippen LogP contribution in [-0.4, -0.2) is 10.9 Å². The van der Waals surface area contributed by atoms with E-state index >= 15 is 0 Å². The maximum Gasteiger partial charge on any atom is 0.251 e. The lowest BCUT2D eigenvalue weighted by Gasteiger charge is -2.17. The van der Waals surface area contributed by atoms with Gasteiger partial charge in [0.25, 0.3) is 5.91 Å². The lowest BCUT2D eigenvalue weighted by Crippen LogP contribution is -2.29. The number of hydrogen-bond donors (Lipinski definition) is 1. The first-order valence-corrected chi connectivity index (χ1v) is 8.26. The molecule has 3 rings (SSSR count). The number of carbonyl (C=O) groups excluding carboxylic acids is 1. The number of oxazole rings is 1. The second-order valence-corrected chi connectivity index (χ2v) is 6.54. The lowest BCUT2D eigenvalue weighted by atomic mass is 10.0. The van der Waals surface area contributed by atoms with Crippen LogP contribution < -0.4 is 5.32 Å². The predicted octanol–water partition coefficient (Wildman–Crippen LogP) is 4.65. The Morgan fingerprint density at radius 3 is 2.50 bits per heavy atom.